The zero-order valence-corrected chi connectivity index (χ0v) is 31.7. The molecule has 0 aliphatic heterocycles. The quantitative estimate of drug-likeness (QED) is 0.181. The number of aryl methyl sites for hydroxylation is 2. The summed E-state index contributed by atoms with van der Waals surface area (Å²) in [6.07, 6.45) is 0. The molecule has 270 valence electrons. The zero-order valence-electron chi connectivity index (χ0n) is 31.7. The number of benzene rings is 8. The number of para-hydroxylation sites is 4. The maximum atomic E-state index is 11.7. The van der Waals surface area contributed by atoms with Crippen molar-refractivity contribution >= 4 is 87.2 Å². The van der Waals surface area contributed by atoms with Crippen LogP contribution in [0.2, 0.25) is 0 Å². The first-order valence-electron chi connectivity index (χ1n) is 19.4. The van der Waals surface area contributed by atoms with Gasteiger partial charge >= 0.3 is 0 Å². The van der Waals surface area contributed by atoms with Crippen LogP contribution in [0.4, 0.5) is 0 Å². The third kappa shape index (κ3) is 4.13. The van der Waals surface area contributed by atoms with Gasteiger partial charge in [0.05, 0.1) is 56.1 Å². The molecule has 0 amide bonds. The highest BCUT2D eigenvalue weighted by Crippen LogP contribution is 2.45. The molecule has 0 fully saturated rings. The van der Waals surface area contributed by atoms with Crippen LogP contribution in [-0.2, 0) is 14.1 Å². The van der Waals surface area contributed by atoms with Crippen molar-refractivity contribution in [3.63, 3.8) is 0 Å². The van der Waals surface area contributed by atoms with E-state index in [1.165, 1.54) is 10.8 Å². The van der Waals surface area contributed by atoms with Gasteiger partial charge in [-0.2, -0.15) is 10.5 Å². The van der Waals surface area contributed by atoms with Crippen LogP contribution in [0, 0.1) is 22.7 Å². The van der Waals surface area contributed by atoms with Gasteiger partial charge in [-0.1, -0.05) is 109 Å². The molecule has 0 bridgehead atoms. The summed E-state index contributed by atoms with van der Waals surface area (Å²) in [7, 11) is 4.28. The summed E-state index contributed by atoms with van der Waals surface area (Å²) >= 11 is 0. The Morgan fingerprint density at radius 3 is 1.22 bits per heavy atom. The molecular formula is C52H32N6. The number of hydrogen-bond acceptors (Lipinski definition) is 2. The van der Waals surface area contributed by atoms with Crippen LogP contribution in [0.5, 0.6) is 0 Å². The van der Waals surface area contributed by atoms with Gasteiger partial charge in [-0.25, -0.2) is 0 Å². The lowest BCUT2D eigenvalue weighted by atomic mass is 9.98. The molecule has 12 rings (SSSR count). The standard InChI is InChI=1S/C52H32N6/c1-55-43-18-7-3-14-34(43)38-22-24-40-36-16-5-9-20-45(36)57(51(40)49(38)55)47-27-33(32-13-11-12-31(26-32)29-53)28-48(42(47)30-54)58-46-21-10-6-17-37(46)41-25-23-39-35-15-4-8-19-44(35)56(2)50(39)52(41)58/h3-28H,1-2H3. The average Bonchev–Trinajstić information content (AvgIpc) is 3.98. The fourth-order valence-corrected chi connectivity index (χ4v) is 9.94. The van der Waals surface area contributed by atoms with E-state index in [-0.39, 0.29) is 0 Å². The lowest BCUT2D eigenvalue weighted by Gasteiger charge is -2.19. The smallest absolute Gasteiger partial charge is 0.104 e. The Morgan fingerprint density at radius 1 is 0.362 bits per heavy atom. The van der Waals surface area contributed by atoms with E-state index in [1.54, 1.807) is 0 Å². The first-order chi connectivity index (χ1) is 28.6. The Bertz CT molecular complexity index is 3640. The summed E-state index contributed by atoms with van der Waals surface area (Å²) in [6.45, 7) is 0. The second-order valence-electron chi connectivity index (χ2n) is 15.3. The molecule has 0 radical (unpaired) electrons. The van der Waals surface area contributed by atoms with Gasteiger partial charge in [0.1, 0.15) is 11.6 Å². The lowest BCUT2D eigenvalue weighted by Crippen LogP contribution is -2.06. The van der Waals surface area contributed by atoms with E-state index < -0.39 is 0 Å². The third-order valence-electron chi connectivity index (χ3n) is 12.4. The van der Waals surface area contributed by atoms with Gasteiger partial charge in [0.15, 0.2) is 0 Å². The molecule has 12 aromatic rings. The van der Waals surface area contributed by atoms with Crippen molar-refractivity contribution < 1.29 is 0 Å². The molecule has 0 saturated carbocycles. The number of hydrogen-bond donors (Lipinski definition) is 0. The molecule has 4 aromatic heterocycles. The van der Waals surface area contributed by atoms with E-state index in [9.17, 15) is 10.5 Å². The second kappa shape index (κ2) is 11.7. The van der Waals surface area contributed by atoms with E-state index in [1.807, 2.05) is 18.2 Å². The van der Waals surface area contributed by atoms with Gasteiger partial charge in [-0.15, -0.1) is 0 Å². The molecule has 0 atom stereocenters. The average molecular weight is 741 g/mol. The molecule has 0 N–H and O–H groups in total. The fourth-order valence-electron chi connectivity index (χ4n) is 9.94. The predicted octanol–water partition coefficient (Wildman–Crippen LogP) is 12.6. The highest BCUT2D eigenvalue weighted by Gasteiger charge is 2.26. The van der Waals surface area contributed by atoms with E-state index >= 15 is 0 Å². The Kier molecular flexibility index (Phi) is 6.51. The third-order valence-corrected chi connectivity index (χ3v) is 12.4. The monoisotopic (exact) mass is 740 g/mol. The van der Waals surface area contributed by atoms with Crippen molar-refractivity contribution in [1.82, 2.24) is 18.3 Å². The van der Waals surface area contributed by atoms with E-state index in [4.69, 9.17) is 0 Å². The topological polar surface area (TPSA) is 67.3 Å². The van der Waals surface area contributed by atoms with Gasteiger partial charge in [0.2, 0.25) is 0 Å². The van der Waals surface area contributed by atoms with Crippen molar-refractivity contribution in [3.8, 4) is 34.6 Å². The number of rotatable bonds is 3. The van der Waals surface area contributed by atoms with Crippen molar-refractivity contribution in [2.24, 2.45) is 14.1 Å². The maximum Gasteiger partial charge on any atom is 0.104 e. The Labute approximate surface area is 332 Å². The minimum atomic E-state index is 0.553. The number of fused-ring (bicyclic) bond motifs is 14. The summed E-state index contributed by atoms with van der Waals surface area (Å²) in [5.41, 5.74) is 13.1. The van der Waals surface area contributed by atoms with Gasteiger partial charge in [0.25, 0.3) is 0 Å². The molecule has 0 aliphatic rings. The van der Waals surface area contributed by atoms with Crippen LogP contribution in [0.25, 0.3) is 110 Å². The molecule has 58 heavy (non-hydrogen) atoms. The van der Waals surface area contributed by atoms with Crippen molar-refractivity contribution in [3.05, 3.63) is 169 Å². The first kappa shape index (κ1) is 32.2. The zero-order chi connectivity index (χ0) is 38.8. The Hall–Kier alpha value is -8.06. The van der Waals surface area contributed by atoms with Crippen LogP contribution in [0.15, 0.2) is 158 Å². The summed E-state index contributed by atoms with van der Waals surface area (Å²) in [5, 5.41) is 30.9. The predicted molar refractivity (Wildman–Crippen MR) is 238 cm³/mol. The first-order valence-corrected chi connectivity index (χ1v) is 19.4. The van der Waals surface area contributed by atoms with Crippen molar-refractivity contribution in [2.75, 3.05) is 0 Å². The van der Waals surface area contributed by atoms with Crippen molar-refractivity contribution in [1.29, 1.82) is 10.5 Å². The highest BCUT2D eigenvalue weighted by atomic mass is 15.1. The Morgan fingerprint density at radius 2 is 0.776 bits per heavy atom. The van der Waals surface area contributed by atoms with Crippen LogP contribution >= 0.6 is 0 Å². The molecule has 6 nitrogen and oxygen atoms in total. The van der Waals surface area contributed by atoms with Crippen LogP contribution < -0.4 is 0 Å². The number of nitriles is 2. The Balaban J connectivity index is 1.32. The molecule has 6 heteroatoms. The molecule has 8 aromatic carbocycles. The minimum Gasteiger partial charge on any atom is -0.342 e. The minimum absolute atomic E-state index is 0.553. The number of nitrogens with zero attached hydrogens (tertiary/aromatic N) is 6. The summed E-state index contributed by atoms with van der Waals surface area (Å²) < 4.78 is 9.20. The van der Waals surface area contributed by atoms with Crippen molar-refractivity contribution in [2.45, 2.75) is 0 Å². The van der Waals surface area contributed by atoms with E-state index in [2.05, 4.69) is 184 Å². The summed E-state index contributed by atoms with van der Waals surface area (Å²) in [6, 6.07) is 60.2. The summed E-state index contributed by atoms with van der Waals surface area (Å²) in [5.74, 6) is 0. The highest BCUT2D eigenvalue weighted by molar-refractivity contribution is 6.25. The van der Waals surface area contributed by atoms with Gasteiger partial charge < -0.3 is 18.3 Å². The normalized spacial score (nSPS) is 11.9. The molecular weight excluding hydrogens is 709 g/mol. The summed E-state index contributed by atoms with van der Waals surface area (Å²) in [4.78, 5) is 0. The van der Waals surface area contributed by atoms with Gasteiger partial charge in [-0.3, -0.25) is 0 Å². The second-order valence-corrected chi connectivity index (χ2v) is 15.3. The number of aromatic nitrogens is 4. The molecule has 4 heterocycles. The van der Waals surface area contributed by atoms with Gasteiger partial charge in [-0.05, 0) is 59.7 Å². The lowest BCUT2D eigenvalue weighted by molar-refractivity contribution is 1.01. The maximum absolute atomic E-state index is 11.7. The largest absolute Gasteiger partial charge is 0.342 e. The van der Waals surface area contributed by atoms with Crippen LogP contribution in [-0.4, -0.2) is 18.3 Å². The fraction of sp³-hybridized carbons (Fsp3) is 0.0385. The molecule has 0 spiro atoms. The molecule has 0 saturated heterocycles. The molecule has 0 aliphatic carbocycles. The van der Waals surface area contributed by atoms with E-state index in [0.29, 0.717) is 11.1 Å². The van der Waals surface area contributed by atoms with Crippen LogP contribution in [0.1, 0.15) is 11.1 Å². The van der Waals surface area contributed by atoms with Gasteiger partial charge in [0, 0.05) is 68.2 Å². The van der Waals surface area contributed by atoms with Crippen LogP contribution in [0.3, 0.4) is 0 Å². The SMILES string of the molecule is Cn1c2ccccc2c2ccc3c4ccccc4n(-c4cc(-c5cccc(C#N)c5)cc(-n5c6ccccc6c6ccc7c8ccccc8n(C)c7c65)c4C#N)c3c21. The van der Waals surface area contributed by atoms with E-state index in [0.717, 1.165) is 99.0 Å². The molecule has 0 unspecified atom stereocenters.